The van der Waals surface area contributed by atoms with Gasteiger partial charge >= 0.3 is 20.1 Å². The maximum absolute atomic E-state index is 6.19. The van der Waals surface area contributed by atoms with Gasteiger partial charge in [0.2, 0.25) is 0 Å². The van der Waals surface area contributed by atoms with Crippen molar-refractivity contribution in [1.82, 2.24) is 4.98 Å². The first-order valence-electron chi connectivity index (χ1n) is 13.3. The Morgan fingerprint density at radius 3 is 2.54 bits per heavy atom. The van der Waals surface area contributed by atoms with E-state index in [0.717, 1.165) is 44.4 Å². The summed E-state index contributed by atoms with van der Waals surface area (Å²) in [6.45, 7) is 0. The summed E-state index contributed by atoms with van der Waals surface area (Å²) in [5.74, 6) is 0. The summed E-state index contributed by atoms with van der Waals surface area (Å²) < 4.78 is 6.19. The van der Waals surface area contributed by atoms with Gasteiger partial charge in [-0.2, -0.15) is 24.4 Å². The van der Waals surface area contributed by atoms with Crippen molar-refractivity contribution in [3.8, 4) is 22.4 Å². The largest absolute Gasteiger partial charge is 3.00 e. The van der Waals surface area contributed by atoms with Crippen LogP contribution in [0.15, 0.2) is 132 Å². The summed E-state index contributed by atoms with van der Waals surface area (Å²) in [5.41, 5.74) is 8.49. The number of benzene rings is 5. The number of rotatable bonds is 1. The Hall–Kier alpha value is -4.70. The van der Waals surface area contributed by atoms with Gasteiger partial charge in [-0.05, 0) is 47.9 Å². The zero-order chi connectivity index (χ0) is 26.5. The van der Waals surface area contributed by atoms with Crippen LogP contribution in [0.25, 0.3) is 60.4 Å². The van der Waals surface area contributed by atoms with Gasteiger partial charge in [0.1, 0.15) is 11.2 Å². The molecule has 2 aliphatic heterocycles. The monoisotopic (exact) mass is 705 g/mol. The number of pyridine rings is 1. The molecular weight excluding hydrogens is 683 g/mol. The maximum atomic E-state index is 6.19. The van der Waals surface area contributed by atoms with E-state index in [1.54, 1.807) is 6.20 Å². The van der Waals surface area contributed by atoms with E-state index in [2.05, 4.69) is 76.7 Å². The van der Waals surface area contributed by atoms with E-state index in [4.69, 9.17) is 9.73 Å². The SMILES string of the molecule is [Ir+3].[c-]1ccc2cccc3c2c1C1[N-]C=CN1c1cc2c(cc1-3)oc1ccccc12.[c-]1ccccc1-c1ccccn1. The molecule has 0 fully saturated rings. The molecule has 2 aromatic heterocycles. The second-order valence-corrected chi connectivity index (χ2v) is 9.84. The van der Waals surface area contributed by atoms with Crippen molar-refractivity contribution in [2.24, 2.45) is 0 Å². The standard InChI is InChI=1S/C25H14N2O.C11H8N.Ir/c1-2-10-22-16(7-1)20-13-21-19(14-23(20)28-22)17-8-3-5-15-6-4-9-18(24(15)17)25-26-11-12-27(21)25;1-2-6-10(7-3-1)11-8-4-5-9-12-11;/h1-8,10-14,25H;1-6,8-9H;/q-2;-1;+3. The fourth-order valence-corrected chi connectivity index (χ4v) is 5.77. The van der Waals surface area contributed by atoms with E-state index in [0.29, 0.717) is 0 Å². The summed E-state index contributed by atoms with van der Waals surface area (Å²) in [7, 11) is 0. The molecule has 41 heavy (non-hydrogen) atoms. The molecule has 0 saturated carbocycles. The number of fused-ring (bicyclic) bond motifs is 8. The Balaban J connectivity index is 0.000000180. The zero-order valence-corrected chi connectivity index (χ0v) is 24.2. The Kier molecular flexibility index (Phi) is 6.39. The van der Waals surface area contributed by atoms with Crippen LogP contribution in [-0.2, 0) is 20.1 Å². The molecule has 0 bridgehead atoms. The molecule has 7 aromatic rings. The minimum Gasteiger partial charge on any atom is -0.668 e. The zero-order valence-electron chi connectivity index (χ0n) is 21.8. The summed E-state index contributed by atoms with van der Waals surface area (Å²) >= 11 is 0. The molecule has 2 aliphatic rings. The number of hydrogen-bond donors (Lipinski definition) is 0. The molecule has 0 saturated heterocycles. The number of nitrogens with zero attached hydrogens (tertiary/aromatic N) is 3. The number of anilines is 1. The predicted molar refractivity (Wildman–Crippen MR) is 162 cm³/mol. The van der Waals surface area contributed by atoms with Crippen molar-refractivity contribution in [2.75, 3.05) is 4.90 Å². The fourth-order valence-electron chi connectivity index (χ4n) is 5.77. The minimum absolute atomic E-state index is 0. The van der Waals surface area contributed by atoms with E-state index in [1.807, 2.05) is 66.9 Å². The van der Waals surface area contributed by atoms with Gasteiger partial charge in [0, 0.05) is 22.7 Å². The molecule has 0 N–H and O–H groups in total. The summed E-state index contributed by atoms with van der Waals surface area (Å²) in [6, 6.07) is 43.5. The molecule has 1 atom stereocenters. The molecule has 0 amide bonds. The third-order valence-electron chi connectivity index (χ3n) is 7.56. The Labute approximate surface area is 251 Å². The average Bonchev–Trinajstić information content (AvgIpc) is 3.63. The van der Waals surface area contributed by atoms with Crippen molar-refractivity contribution in [1.29, 1.82) is 0 Å². The van der Waals surface area contributed by atoms with Crippen LogP contribution in [-0.4, -0.2) is 4.98 Å². The van der Waals surface area contributed by atoms with Crippen molar-refractivity contribution in [3.63, 3.8) is 0 Å². The van der Waals surface area contributed by atoms with E-state index < -0.39 is 0 Å². The van der Waals surface area contributed by atoms with Gasteiger partial charge < -0.3 is 19.6 Å². The molecule has 9 rings (SSSR count). The Bertz CT molecular complexity index is 2010. The second kappa shape index (κ2) is 10.4. The first-order valence-corrected chi connectivity index (χ1v) is 13.3. The summed E-state index contributed by atoms with van der Waals surface area (Å²) in [6.07, 6.45) is 5.67. The predicted octanol–water partition coefficient (Wildman–Crippen LogP) is 9.43. The molecule has 5 aromatic carbocycles. The van der Waals surface area contributed by atoms with Gasteiger partial charge in [0.05, 0.1) is 0 Å². The fraction of sp³-hybridized carbons (Fsp3) is 0.0278. The molecule has 4 nitrogen and oxygen atoms in total. The maximum Gasteiger partial charge on any atom is 3.00 e. The van der Waals surface area contributed by atoms with Crippen LogP contribution < -0.4 is 4.90 Å². The topological polar surface area (TPSA) is 43.4 Å². The van der Waals surface area contributed by atoms with Gasteiger partial charge in [-0.3, -0.25) is 0 Å². The van der Waals surface area contributed by atoms with Crippen LogP contribution >= 0.6 is 0 Å². The minimum atomic E-state index is -0.0817. The van der Waals surface area contributed by atoms with Gasteiger partial charge in [-0.25, -0.2) is 0 Å². The van der Waals surface area contributed by atoms with Gasteiger partial charge in [-0.15, -0.1) is 52.2 Å². The first-order chi connectivity index (χ1) is 19.8. The van der Waals surface area contributed by atoms with Crippen LogP contribution in [0.1, 0.15) is 11.7 Å². The molecule has 196 valence electrons. The van der Waals surface area contributed by atoms with Crippen molar-refractivity contribution in [3.05, 3.63) is 151 Å². The number of aromatic nitrogens is 1. The van der Waals surface area contributed by atoms with E-state index in [-0.39, 0.29) is 26.3 Å². The van der Waals surface area contributed by atoms with Crippen LogP contribution in [0.3, 0.4) is 0 Å². The first kappa shape index (κ1) is 25.3. The average molecular weight is 705 g/mol. The van der Waals surface area contributed by atoms with E-state index in [1.165, 1.54) is 21.9 Å². The van der Waals surface area contributed by atoms with E-state index in [9.17, 15) is 0 Å². The van der Waals surface area contributed by atoms with Crippen molar-refractivity contribution in [2.45, 2.75) is 6.17 Å². The number of para-hydroxylation sites is 1. The normalized spacial score (nSPS) is 14.4. The second-order valence-electron chi connectivity index (χ2n) is 9.84. The summed E-state index contributed by atoms with van der Waals surface area (Å²) in [5, 5.41) is 9.48. The van der Waals surface area contributed by atoms with Crippen molar-refractivity contribution < 1.29 is 24.5 Å². The molecule has 4 heterocycles. The Morgan fingerprint density at radius 1 is 0.756 bits per heavy atom. The quantitative estimate of drug-likeness (QED) is 0.160. The van der Waals surface area contributed by atoms with Gasteiger partial charge in [-0.1, -0.05) is 54.1 Å². The van der Waals surface area contributed by atoms with Crippen LogP contribution in [0.2, 0.25) is 0 Å². The third-order valence-corrected chi connectivity index (χ3v) is 7.56. The number of hydrogen-bond acceptors (Lipinski definition) is 3. The van der Waals surface area contributed by atoms with Crippen molar-refractivity contribution >= 4 is 38.4 Å². The number of furan rings is 1. The smallest absolute Gasteiger partial charge is 0.668 e. The van der Waals surface area contributed by atoms with Crippen LogP contribution in [0.4, 0.5) is 5.69 Å². The van der Waals surface area contributed by atoms with Crippen LogP contribution in [0, 0.1) is 12.1 Å². The van der Waals surface area contributed by atoms with E-state index >= 15 is 0 Å². The molecular formula is C36H22IrN3O. The van der Waals surface area contributed by atoms with Gasteiger partial charge in [0.15, 0.2) is 0 Å². The van der Waals surface area contributed by atoms with Crippen LogP contribution in [0.5, 0.6) is 0 Å². The molecule has 0 aliphatic carbocycles. The molecule has 0 radical (unpaired) electrons. The molecule has 0 spiro atoms. The third kappa shape index (κ3) is 4.22. The Morgan fingerprint density at radius 2 is 1.66 bits per heavy atom. The summed E-state index contributed by atoms with van der Waals surface area (Å²) in [4.78, 5) is 6.47. The molecule has 1 unspecified atom stereocenters. The van der Waals surface area contributed by atoms with Gasteiger partial charge in [0.25, 0.3) is 0 Å². The molecule has 5 heteroatoms.